The van der Waals surface area contributed by atoms with Crippen LogP contribution in [0, 0.1) is 0 Å². The van der Waals surface area contributed by atoms with Crippen LogP contribution >= 0.6 is 11.6 Å². The van der Waals surface area contributed by atoms with Crippen LogP contribution in [0.4, 0.5) is 0 Å². The number of aromatic nitrogens is 2. The Bertz CT molecular complexity index is 485. The molecule has 2 rings (SSSR count). The third-order valence-electron chi connectivity index (χ3n) is 3.00. The number of nitrogens with zero attached hydrogens (tertiary/aromatic N) is 2. The summed E-state index contributed by atoms with van der Waals surface area (Å²) >= 11 is 5.91. The minimum absolute atomic E-state index is 0.261. The molecule has 0 fully saturated rings. The average Bonchev–Trinajstić information content (AvgIpc) is 2.46. The van der Waals surface area contributed by atoms with E-state index in [1.165, 1.54) is 11.1 Å². The molecule has 1 aromatic carbocycles. The first-order valence-electron chi connectivity index (χ1n) is 6.54. The summed E-state index contributed by atoms with van der Waals surface area (Å²) in [6, 6.07) is 10.3. The number of halogens is 1. The maximum Gasteiger partial charge on any atom is 0.0544 e. The van der Waals surface area contributed by atoms with E-state index in [1.807, 2.05) is 24.4 Å². The van der Waals surface area contributed by atoms with Crippen LogP contribution in [0.2, 0.25) is 5.02 Å². The zero-order chi connectivity index (χ0) is 13.5. The Morgan fingerprint density at radius 2 is 1.95 bits per heavy atom. The van der Waals surface area contributed by atoms with E-state index in [9.17, 15) is 0 Å². The lowest BCUT2D eigenvalue weighted by Crippen LogP contribution is -2.24. The zero-order valence-corrected chi connectivity index (χ0v) is 11.8. The zero-order valence-electron chi connectivity index (χ0n) is 11.0. The first kappa shape index (κ1) is 14.0. The Hall–Kier alpha value is -1.45. The molecule has 3 nitrogen and oxygen atoms in total. The van der Waals surface area contributed by atoms with Gasteiger partial charge in [-0.25, -0.2) is 0 Å². The van der Waals surface area contributed by atoms with Gasteiger partial charge in [-0.3, -0.25) is 0 Å². The predicted molar refractivity (Wildman–Crippen MR) is 78.2 cm³/mol. The lowest BCUT2D eigenvalue weighted by Gasteiger charge is -2.18. The van der Waals surface area contributed by atoms with E-state index in [0.717, 1.165) is 24.4 Å². The molecule has 0 aliphatic carbocycles. The van der Waals surface area contributed by atoms with E-state index in [1.54, 1.807) is 6.20 Å². The van der Waals surface area contributed by atoms with Crippen LogP contribution in [0.3, 0.4) is 0 Å². The standard InChI is InChI=1S/C15H18ClN3/c1-2-8-17-15(13-7-9-18-19-11-13)10-12-3-5-14(16)6-4-12/h3-7,9,11,15,17H,2,8,10H2,1H3. The molecule has 0 saturated carbocycles. The highest BCUT2D eigenvalue weighted by Crippen LogP contribution is 2.19. The lowest BCUT2D eigenvalue weighted by molar-refractivity contribution is 0.526. The molecule has 1 N–H and O–H groups in total. The molecule has 1 unspecified atom stereocenters. The second-order valence-corrected chi connectivity index (χ2v) is 4.95. The van der Waals surface area contributed by atoms with Gasteiger partial charge in [0.1, 0.15) is 0 Å². The molecule has 0 spiro atoms. The van der Waals surface area contributed by atoms with Crippen LogP contribution in [-0.2, 0) is 6.42 Å². The maximum absolute atomic E-state index is 5.91. The Morgan fingerprint density at radius 3 is 2.58 bits per heavy atom. The molecule has 1 atom stereocenters. The van der Waals surface area contributed by atoms with E-state index in [2.05, 4.69) is 34.6 Å². The third-order valence-corrected chi connectivity index (χ3v) is 3.26. The number of rotatable bonds is 6. The van der Waals surface area contributed by atoms with Gasteiger partial charge in [-0.05, 0) is 48.7 Å². The van der Waals surface area contributed by atoms with Gasteiger partial charge in [-0.2, -0.15) is 10.2 Å². The smallest absolute Gasteiger partial charge is 0.0544 e. The number of hydrogen-bond donors (Lipinski definition) is 1. The molecule has 2 aromatic rings. The van der Waals surface area contributed by atoms with Crippen molar-refractivity contribution in [3.63, 3.8) is 0 Å². The Balaban J connectivity index is 2.11. The maximum atomic E-state index is 5.91. The lowest BCUT2D eigenvalue weighted by atomic mass is 10.0. The quantitative estimate of drug-likeness (QED) is 0.878. The molecule has 4 heteroatoms. The highest BCUT2D eigenvalue weighted by molar-refractivity contribution is 6.30. The van der Waals surface area contributed by atoms with Gasteiger partial charge in [-0.15, -0.1) is 0 Å². The van der Waals surface area contributed by atoms with Gasteiger partial charge in [-0.1, -0.05) is 30.7 Å². The van der Waals surface area contributed by atoms with E-state index < -0.39 is 0 Å². The van der Waals surface area contributed by atoms with Gasteiger partial charge in [0.2, 0.25) is 0 Å². The molecule has 0 amide bonds. The van der Waals surface area contributed by atoms with Crippen molar-refractivity contribution in [2.24, 2.45) is 0 Å². The van der Waals surface area contributed by atoms with E-state index >= 15 is 0 Å². The van der Waals surface area contributed by atoms with Crippen molar-refractivity contribution in [3.05, 3.63) is 58.9 Å². The van der Waals surface area contributed by atoms with Gasteiger partial charge in [0.25, 0.3) is 0 Å². The van der Waals surface area contributed by atoms with Crippen molar-refractivity contribution in [2.45, 2.75) is 25.8 Å². The molecule has 0 saturated heterocycles. The van der Waals surface area contributed by atoms with Crippen LogP contribution in [0.5, 0.6) is 0 Å². The van der Waals surface area contributed by atoms with Crippen molar-refractivity contribution >= 4 is 11.6 Å². The normalized spacial score (nSPS) is 12.3. The van der Waals surface area contributed by atoms with Crippen molar-refractivity contribution in [1.82, 2.24) is 15.5 Å². The summed E-state index contributed by atoms with van der Waals surface area (Å²) in [6.45, 7) is 3.15. The molecule has 19 heavy (non-hydrogen) atoms. The summed E-state index contributed by atoms with van der Waals surface area (Å²) < 4.78 is 0. The average molecular weight is 276 g/mol. The van der Waals surface area contributed by atoms with Crippen LogP contribution < -0.4 is 5.32 Å². The topological polar surface area (TPSA) is 37.8 Å². The van der Waals surface area contributed by atoms with E-state index in [0.29, 0.717) is 0 Å². The predicted octanol–water partition coefficient (Wildman–Crippen LogP) is 3.41. The summed E-state index contributed by atoms with van der Waals surface area (Å²) in [6.07, 6.45) is 5.58. The molecular weight excluding hydrogens is 258 g/mol. The van der Waals surface area contributed by atoms with Crippen molar-refractivity contribution in [3.8, 4) is 0 Å². The number of hydrogen-bond acceptors (Lipinski definition) is 3. The Morgan fingerprint density at radius 1 is 1.16 bits per heavy atom. The van der Waals surface area contributed by atoms with Crippen molar-refractivity contribution in [1.29, 1.82) is 0 Å². The van der Waals surface area contributed by atoms with Crippen LogP contribution in [-0.4, -0.2) is 16.7 Å². The highest BCUT2D eigenvalue weighted by atomic mass is 35.5. The second kappa shape index (κ2) is 7.22. The molecule has 0 aliphatic heterocycles. The molecular formula is C15H18ClN3. The highest BCUT2D eigenvalue weighted by Gasteiger charge is 2.11. The molecule has 0 radical (unpaired) electrons. The van der Waals surface area contributed by atoms with Gasteiger partial charge in [0.05, 0.1) is 6.20 Å². The van der Waals surface area contributed by atoms with Gasteiger partial charge >= 0.3 is 0 Å². The fourth-order valence-corrected chi connectivity index (χ4v) is 2.12. The van der Waals surface area contributed by atoms with Gasteiger partial charge < -0.3 is 5.32 Å². The number of benzene rings is 1. The largest absolute Gasteiger partial charge is 0.310 e. The summed E-state index contributed by atoms with van der Waals surface area (Å²) in [5.74, 6) is 0. The first-order valence-corrected chi connectivity index (χ1v) is 6.92. The Kier molecular flexibility index (Phi) is 5.31. The van der Waals surface area contributed by atoms with Crippen LogP contribution in [0.1, 0.15) is 30.5 Å². The van der Waals surface area contributed by atoms with Crippen LogP contribution in [0.15, 0.2) is 42.7 Å². The summed E-state index contributed by atoms with van der Waals surface area (Å²) in [7, 11) is 0. The molecule has 0 bridgehead atoms. The van der Waals surface area contributed by atoms with Crippen LogP contribution in [0.25, 0.3) is 0 Å². The third kappa shape index (κ3) is 4.30. The molecule has 1 heterocycles. The minimum atomic E-state index is 0.261. The molecule has 100 valence electrons. The summed E-state index contributed by atoms with van der Waals surface area (Å²) in [5.41, 5.74) is 2.42. The van der Waals surface area contributed by atoms with Crippen molar-refractivity contribution in [2.75, 3.05) is 6.54 Å². The van der Waals surface area contributed by atoms with E-state index in [-0.39, 0.29) is 6.04 Å². The fourth-order valence-electron chi connectivity index (χ4n) is 1.99. The minimum Gasteiger partial charge on any atom is -0.310 e. The fraction of sp³-hybridized carbons (Fsp3) is 0.333. The first-order chi connectivity index (χ1) is 9.29. The van der Waals surface area contributed by atoms with Gasteiger partial charge in [0.15, 0.2) is 0 Å². The monoisotopic (exact) mass is 275 g/mol. The molecule has 0 aliphatic rings. The molecule has 1 aromatic heterocycles. The Labute approximate surface area is 119 Å². The second-order valence-electron chi connectivity index (χ2n) is 4.51. The number of nitrogens with one attached hydrogen (secondary N) is 1. The van der Waals surface area contributed by atoms with Gasteiger partial charge in [0, 0.05) is 17.3 Å². The SMILES string of the molecule is CCCNC(Cc1ccc(Cl)cc1)c1ccnnc1. The van der Waals surface area contributed by atoms with Crippen molar-refractivity contribution < 1.29 is 0 Å². The summed E-state index contributed by atoms with van der Waals surface area (Å²) in [4.78, 5) is 0. The summed E-state index contributed by atoms with van der Waals surface area (Å²) in [5, 5.41) is 12.1. The van der Waals surface area contributed by atoms with E-state index in [4.69, 9.17) is 11.6 Å².